The molecule has 2 aromatic carbocycles. The number of nitriles is 1. The van der Waals surface area contributed by atoms with E-state index in [1.807, 2.05) is 42.5 Å². The number of thioether (sulfide) groups is 1. The lowest BCUT2D eigenvalue weighted by molar-refractivity contribution is 0.0951. The molecule has 0 aliphatic carbocycles. The van der Waals surface area contributed by atoms with E-state index < -0.39 is 0 Å². The molecule has 3 nitrogen and oxygen atoms in total. The van der Waals surface area contributed by atoms with Crippen LogP contribution in [-0.4, -0.2) is 18.2 Å². The van der Waals surface area contributed by atoms with Crippen molar-refractivity contribution in [2.45, 2.75) is 11.3 Å². The number of rotatable bonds is 6. The van der Waals surface area contributed by atoms with Crippen molar-refractivity contribution in [2.24, 2.45) is 0 Å². The van der Waals surface area contributed by atoms with E-state index in [0.29, 0.717) is 22.9 Å². The van der Waals surface area contributed by atoms with Crippen LogP contribution in [0.3, 0.4) is 0 Å². The van der Waals surface area contributed by atoms with E-state index in [-0.39, 0.29) is 5.91 Å². The molecule has 112 valence electrons. The van der Waals surface area contributed by atoms with Crippen molar-refractivity contribution in [1.82, 2.24) is 5.32 Å². The van der Waals surface area contributed by atoms with Gasteiger partial charge < -0.3 is 5.32 Å². The number of benzene rings is 2. The predicted molar refractivity (Wildman–Crippen MR) is 90.3 cm³/mol. The minimum atomic E-state index is -0.122. The van der Waals surface area contributed by atoms with Crippen LogP contribution >= 0.6 is 23.4 Å². The molecule has 0 aliphatic heterocycles. The standard InChI is InChI=1S/C17H15ClN2OS/c18-14-5-3-4-13(12-14)8-10-20-17(21)15-6-1-2-7-16(15)22-11-9-19/h1-7,12H,8,10-11H2,(H,20,21). The van der Waals surface area contributed by atoms with E-state index in [1.54, 1.807) is 6.07 Å². The lowest BCUT2D eigenvalue weighted by Crippen LogP contribution is -2.26. The highest BCUT2D eigenvalue weighted by Crippen LogP contribution is 2.22. The molecule has 0 heterocycles. The van der Waals surface area contributed by atoms with E-state index in [1.165, 1.54) is 11.8 Å². The second kappa shape index (κ2) is 8.47. The summed E-state index contributed by atoms with van der Waals surface area (Å²) in [4.78, 5) is 13.1. The van der Waals surface area contributed by atoms with Gasteiger partial charge in [-0.05, 0) is 36.2 Å². The molecule has 1 amide bonds. The van der Waals surface area contributed by atoms with Gasteiger partial charge in [0.2, 0.25) is 0 Å². The number of amides is 1. The molecule has 0 saturated carbocycles. The maximum atomic E-state index is 12.3. The molecule has 0 fully saturated rings. The maximum absolute atomic E-state index is 12.3. The molecule has 0 radical (unpaired) electrons. The maximum Gasteiger partial charge on any atom is 0.252 e. The monoisotopic (exact) mass is 330 g/mol. The Morgan fingerprint density at radius 2 is 2.05 bits per heavy atom. The fourth-order valence-electron chi connectivity index (χ4n) is 2.00. The summed E-state index contributed by atoms with van der Waals surface area (Å²) in [5, 5.41) is 12.3. The van der Waals surface area contributed by atoms with E-state index >= 15 is 0 Å². The number of hydrogen-bond donors (Lipinski definition) is 1. The summed E-state index contributed by atoms with van der Waals surface area (Å²) in [6, 6.07) is 17.0. The first-order chi connectivity index (χ1) is 10.7. The zero-order chi connectivity index (χ0) is 15.8. The summed E-state index contributed by atoms with van der Waals surface area (Å²) >= 11 is 7.30. The lowest BCUT2D eigenvalue weighted by Gasteiger charge is -2.09. The minimum Gasteiger partial charge on any atom is -0.352 e. The highest BCUT2D eigenvalue weighted by atomic mass is 35.5. The van der Waals surface area contributed by atoms with Crippen LogP contribution in [0, 0.1) is 11.3 Å². The molecule has 2 aromatic rings. The zero-order valence-corrected chi connectivity index (χ0v) is 13.5. The van der Waals surface area contributed by atoms with Crippen molar-refractivity contribution in [1.29, 1.82) is 5.26 Å². The lowest BCUT2D eigenvalue weighted by atomic mass is 10.1. The van der Waals surface area contributed by atoms with E-state index in [0.717, 1.165) is 16.9 Å². The second-order valence-corrected chi connectivity index (χ2v) is 6.03. The highest BCUT2D eigenvalue weighted by Gasteiger charge is 2.10. The normalized spacial score (nSPS) is 10.0. The van der Waals surface area contributed by atoms with E-state index in [2.05, 4.69) is 11.4 Å². The molecule has 0 unspecified atom stereocenters. The molecular formula is C17H15ClN2OS. The minimum absolute atomic E-state index is 0.122. The summed E-state index contributed by atoms with van der Waals surface area (Å²) < 4.78 is 0. The van der Waals surface area contributed by atoms with Crippen molar-refractivity contribution in [3.05, 3.63) is 64.7 Å². The van der Waals surface area contributed by atoms with Crippen LogP contribution < -0.4 is 5.32 Å². The van der Waals surface area contributed by atoms with Crippen molar-refractivity contribution in [2.75, 3.05) is 12.3 Å². The van der Waals surface area contributed by atoms with Gasteiger partial charge in [-0.2, -0.15) is 5.26 Å². The fraction of sp³-hybridized carbons (Fsp3) is 0.176. The predicted octanol–water partition coefficient (Wildman–Crippen LogP) is 3.93. The van der Waals surface area contributed by atoms with Gasteiger partial charge in [-0.15, -0.1) is 11.8 Å². The summed E-state index contributed by atoms with van der Waals surface area (Å²) in [6.45, 7) is 0.538. The Kier molecular flexibility index (Phi) is 6.32. The molecule has 0 saturated heterocycles. The smallest absolute Gasteiger partial charge is 0.252 e. The SMILES string of the molecule is N#CCSc1ccccc1C(=O)NCCc1cccc(Cl)c1. The van der Waals surface area contributed by atoms with Crippen molar-refractivity contribution < 1.29 is 4.79 Å². The third kappa shape index (κ3) is 4.80. The molecular weight excluding hydrogens is 316 g/mol. The van der Waals surface area contributed by atoms with Crippen LogP contribution in [0.5, 0.6) is 0 Å². The van der Waals surface area contributed by atoms with Gasteiger partial charge in [0.25, 0.3) is 5.91 Å². The van der Waals surface area contributed by atoms with Crippen LogP contribution in [0.25, 0.3) is 0 Å². The first-order valence-electron chi connectivity index (χ1n) is 6.82. The van der Waals surface area contributed by atoms with Crippen LogP contribution in [0.4, 0.5) is 0 Å². The van der Waals surface area contributed by atoms with Gasteiger partial charge in [-0.1, -0.05) is 35.9 Å². The number of carbonyl (C=O) groups excluding carboxylic acids is 1. The molecule has 2 rings (SSSR count). The topological polar surface area (TPSA) is 52.9 Å². The average molecular weight is 331 g/mol. The summed E-state index contributed by atoms with van der Waals surface area (Å²) in [5.41, 5.74) is 1.69. The summed E-state index contributed by atoms with van der Waals surface area (Å²) in [5.74, 6) is 0.204. The zero-order valence-electron chi connectivity index (χ0n) is 11.9. The van der Waals surface area contributed by atoms with Crippen molar-refractivity contribution >= 4 is 29.3 Å². The molecule has 0 atom stereocenters. The Morgan fingerprint density at radius 1 is 1.23 bits per heavy atom. The Labute approximate surface area is 139 Å². The fourth-order valence-corrected chi connectivity index (χ4v) is 2.92. The van der Waals surface area contributed by atoms with Gasteiger partial charge in [0.15, 0.2) is 0 Å². The molecule has 0 aromatic heterocycles. The molecule has 5 heteroatoms. The van der Waals surface area contributed by atoms with Gasteiger partial charge in [0.05, 0.1) is 17.4 Å². The van der Waals surface area contributed by atoms with Crippen molar-refractivity contribution in [3.8, 4) is 6.07 Å². The summed E-state index contributed by atoms with van der Waals surface area (Å²) in [7, 11) is 0. The quantitative estimate of drug-likeness (QED) is 0.816. The summed E-state index contributed by atoms with van der Waals surface area (Å²) in [6.07, 6.45) is 0.722. The number of carbonyl (C=O) groups is 1. The van der Waals surface area contributed by atoms with Crippen molar-refractivity contribution in [3.63, 3.8) is 0 Å². The third-order valence-electron chi connectivity index (χ3n) is 3.01. The molecule has 22 heavy (non-hydrogen) atoms. The number of halogens is 1. The van der Waals surface area contributed by atoms with Gasteiger partial charge in [0.1, 0.15) is 0 Å². The van der Waals surface area contributed by atoms with Gasteiger partial charge in [0, 0.05) is 16.5 Å². The van der Waals surface area contributed by atoms with E-state index in [4.69, 9.17) is 16.9 Å². The largest absolute Gasteiger partial charge is 0.352 e. The molecule has 1 N–H and O–H groups in total. The van der Waals surface area contributed by atoms with E-state index in [9.17, 15) is 4.79 Å². The van der Waals surface area contributed by atoms with Gasteiger partial charge >= 0.3 is 0 Å². The van der Waals surface area contributed by atoms with Crippen LogP contribution in [-0.2, 0) is 6.42 Å². The average Bonchev–Trinajstić information content (AvgIpc) is 2.53. The Balaban J connectivity index is 1.94. The van der Waals surface area contributed by atoms with Gasteiger partial charge in [-0.25, -0.2) is 0 Å². The second-order valence-electron chi connectivity index (χ2n) is 4.58. The third-order valence-corrected chi connectivity index (χ3v) is 4.19. The molecule has 0 bridgehead atoms. The van der Waals surface area contributed by atoms with Gasteiger partial charge in [-0.3, -0.25) is 4.79 Å². The first-order valence-corrected chi connectivity index (χ1v) is 8.18. The molecule has 0 aliphatic rings. The first kappa shape index (κ1) is 16.4. The van der Waals surface area contributed by atoms with Crippen LogP contribution in [0.1, 0.15) is 15.9 Å². The Hall–Kier alpha value is -1.96. The number of hydrogen-bond acceptors (Lipinski definition) is 3. The Bertz CT molecular complexity index is 697. The highest BCUT2D eigenvalue weighted by molar-refractivity contribution is 7.99. The Morgan fingerprint density at radius 3 is 2.82 bits per heavy atom. The number of nitrogens with one attached hydrogen (secondary N) is 1. The molecule has 0 spiro atoms. The van der Waals surface area contributed by atoms with Crippen LogP contribution in [0.15, 0.2) is 53.4 Å². The van der Waals surface area contributed by atoms with Crippen LogP contribution in [0.2, 0.25) is 5.02 Å². The number of nitrogens with zero attached hydrogens (tertiary/aromatic N) is 1.